The molecule has 0 saturated carbocycles. The lowest BCUT2D eigenvalue weighted by Gasteiger charge is -2.18. The van der Waals surface area contributed by atoms with Gasteiger partial charge < -0.3 is 14.2 Å². The van der Waals surface area contributed by atoms with Gasteiger partial charge in [-0.3, -0.25) is 14.4 Å². The highest BCUT2D eigenvalue weighted by Crippen LogP contribution is 2.13. The molecule has 0 aliphatic heterocycles. The SMILES string of the molecule is CC\C=C/C=C\C=C/C=C\C=C/CCCCCC(=O)OCC(COC(=O)CCCCCCC\C=C/C=C\C=C/C=C\C=C/CCC)OC(=O)CCCCCCC\C=C/C=C\C=C/CCCCCCC. The number of carbonyl (C=O) groups is 3. The van der Waals surface area contributed by atoms with E-state index < -0.39 is 6.10 Å². The van der Waals surface area contributed by atoms with E-state index in [0.29, 0.717) is 12.8 Å². The van der Waals surface area contributed by atoms with Gasteiger partial charge in [0.2, 0.25) is 0 Å². The molecule has 384 valence electrons. The van der Waals surface area contributed by atoms with Crippen LogP contribution in [0.1, 0.15) is 201 Å². The third kappa shape index (κ3) is 53.8. The molecule has 6 heteroatoms. The predicted octanol–water partition coefficient (Wildman–Crippen LogP) is 18.2. The zero-order valence-corrected chi connectivity index (χ0v) is 43.8. The number of esters is 3. The van der Waals surface area contributed by atoms with Gasteiger partial charge in [-0.1, -0.05) is 256 Å². The van der Waals surface area contributed by atoms with Gasteiger partial charge in [-0.2, -0.15) is 0 Å². The molecule has 0 aliphatic rings. The summed E-state index contributed by atoms with van der Waals surface area (Å²) < 4.78 is 16.8. The monoisotopic (exact) mass is 949 g/mol. The van der Waals surface area contributed by atoms with Gasteiger partial charge in [0.15, 0.2) is 6.10 Å². The minimum absolute atomic E-state index is 0.122. The van der Waals surface area contributed by atoms with Crippen LogP contribution in [-0.4, -0.2) is 37.2 Å². The molecule has 0 radical (unpaired) electrons. The lowest BCUT2D eigenvalue weighted by atomic mass is 10.1. The van der Waals surface area contributed by atoms with E-state index in [1.807, 2.05) is 85.1 Å². The van der Waals surface area contributed by atoms with Gasteiger partial charge in [0.1, 0.15) is 13.2 Å². The van der Waals surface area contributed by atoms with Crippen molar-refractivity contribution < 1.29 is 28.6 Å². The van der Waals surface area contributed by atoms with Crippen LogP contribution in [0.2, 0.25) is 0 Å². The number of allylic oxidation sites excluding steroid dienone is 26. The number of hydrogen-bond donors (Lipinski definition) is 0. The maximum Gasteiger partial charge on any atom is 0.306 e. The molecule has 0 heterocycles. The first kappa shape index (κ1) is 64.0. The zero-order valence-electron chi connectivity index (χ0n) is 43.8. The molecule has 0 rings (SSSR count). The van der Waals surface area contributed by atoms with E-state index >= 15 is 0 Å². The van der Waals surface area contributed by atoms with E-state index in [2.05, 4.69) is 93.7 Å². The molecule has 0 amide bonds. The van der Waals surface area contributed by atoms with Gasteiger partial charge in [-0.15, -0.1) is 0 Å². The van der Waals surface area contributed by atoms with Crippen molar-refractivity contribution in [2.24, 2.45) is 0 Å². The van der Waals surface area contributed by atoms with Gasteiger partial charge in [0, 0.05) is 19.3 Å². The Morgan fingerprint density at radius 1 is 0.304 bits per heavy atom. The molecule has 69 heavy (non-hydrogen) atoms. The van der Waals surface area contributed by atoms with Crippen LogP contribution in [0.5, 0.6) is 0 Å². The van der Waals surface area contributed by atoms with Crippen LogP contribution in [0, 0.1) is 0 Å². The highest BCUT2D eigenvalue weighted by atomic mass is 16.6. The minimum atomic E-state index is -0.826. The van der Waals surface area contributed by atoms with Crippen LogP contribution >= 0.6 is 0 Å². The average Bonchev–Trinajstić information content (AvgIpc) is 3.35. The van der Waals surface area contributed by atoms with Crippen molar-refractivity contribution in [1.82, 2.24) is 0 Å². The molecule has 0 fully saturated rings. The van der Waals surface area contributed by atoms with Crippen molar-refractivity contribution in [3.63, 3.8) is 0 Å². The Balaban J connectivity index is 4.60. The van der Waals surface area contributed by atoms with Gasteiger partial charge >= 0.3 is 17.9 Å². The second kappa shape index (κ2) is 55.6. The van der Waals surface area contributed by atoms with Crippen molar-refractivity contribution in [1.29, 1.82) is 0 Å². The molecule has 0 N–H and O–H groups in total. The van der Waals surface area contributed by atoms with Crippen molar-refractivity contribution in [3.05, 3.63) is 158 Å². The highest BCUT2D eigenvalue weighted by molar-refractivity contribution is 5.71. The third-order valence-electron chi connectivity index (χ3n) is 10.8. The Morgan fingerprint density at radius 2 is 0.594 bits per heavy atom. The lowest BCUT2D eigenvalue weighted by molar-refractivity contribution is -0.167. The molecule has 0 saturated heterocycles. The molecule has 6 nitrogen and oxygen atoms in total. The maximum absolute atomic E-state index is 12.8. The van der Waals surface area contributed by atoms with Crippen LogP contribution in [0.3, 0.4) is 0 Å². The first-order valence-corrected chi connectivity index (χ1v) is 27.2. The van der Waals surface area contributed by atoms with Gasteiger partial charge in [0.25, 0.3) is 0 Å². The van der Waals surface area contributed by atoms with Crippen LogP contribution in [-0.2, 0) is 28.6 Å². The summed E-state index contributed by atoms with van der Waals surface area (Å²) in [6, 6.07) is 0. The summed E-state index contributed by atoms with van der Waals surface area (Å²) in [6.45, 7) is 6.29. The van der Waals surface area contributed by atoms with Gasteiger partial charge in [0.05, 0.1) is 0 Å². The average molecular weight is 949 g/mol. The number of hydrogen-bond acceptors (Lipinski definition) is 6. The Bertz CT molecular complexity index is 1610. The molecule has 0 aromatic rings. The molecule has 0 bridgehead atoms. The van der Waals surface area contributed by atoms with E-state index in [9.17, 15) is 14.4 Å². The largest absolute Gasteiger partial charge is 0.462 e. The molecule has 1 unspecified atom stereocenters. The van der Waals surface area contributed by atoms with E-state index in [0.717, 1.165) is 122 Å². The van der Waals surface area contributed by atoms with Gasteiger partial charge in [-0.05, 0) is 83.5 Å². The van der Waals surface area contributed by atoms with E-state index in [-0.39, 0.29) is 37.5 Å². The Hall–Kier alpha value is -4.97. The lowest BCUT2D eigenvalue weighted by Crippen LogP contribution is -2.30. The molecule has 0 spiro atoms. The zero-order chi connectivity index (χ0) is 50.0. The fourth-order valence-corrected chi connectivity index (χ4v) is 6.73. The first-order valence-electron chi connectivity index (χ1n) is 27.2. The Kier molecular flexibility index (Phi) is 51.6. The fourth-order valence-electron chi connectivity index (χ4n) is 6.73. The number of unbranched alkanes of at least 4 members (excludes halogenated alkanes) is 19. The van der Waals surface area contributed by atoms with Gasteiger partial charge in [-0.25, -0.2) is 0 Å². The normalized spacial score (nSPS) is 13.4. The van der Waals surface area contributed by atoms with Crippen molar-refractivity contribution in [2.75, 3.05) is 13.2 Å². The molecule has 0 aromatic carbocycles. The van der Waals surface area contributed by atoms with Crippen LogP contribution in [0.25, 0.3) is 0 Å². The van der Waals surface area contributed by atoms with Crippen LogP contribution in [0.15, 0.2) is 158 Å². The Morgan fingerprint density at radius 3 is 0.957 bits per heavy atom. The molecule has 0 aliphatic carbocycles. The highest BCUT2D eigenvalue weighted by Gasteiger charge is 2.19. The smallest absolute Gasteiger partial charge is 0.306 e. The first-order chi connectivity index (χ1) is 34.0. The van der Waals surface area contributed by atoms with Crippen LogP contribution < -0.4 is 0 Å². The predicted molar refractivity (Wildman–Crippen MR) is 297 cm³/mol. The number of rotatable bonds is 46. The minimum Gasteiger partial charge on any atom is -0.462 e. The van der Waals surface area contributed by atoms with Crippen molar-refractivity contribution in [3.8, 4) is 0 Å². The maximum atomic E-state index is 12.8. The van der Waals surface area contributed by atoms with Crippen molar-refractivity contribution in [2.45, 2.75) is 207 Å². The summed E-state index contributed by atoms with van der Waals surface area (Å²) in [5.74, 6) is -1.02. The van der Waals surface area contributed by atoms with E-state index in [4.69, 9.17) is 14.2 Å². The summed E-state index contributed by atoms with van der Waals surface area (Å²) in [4.78, 5) is 38.1. The third-order valence-corrected chi connectivity index (χ3v) is 10.8. The summed E-state index contributed by atoms with van der Waals surface area (Å²) in [6.07, 6.45) is 80.7. The molecule has 1 atom stereocenters. The topological polar surface area (TPSA) is 78.9 Å². The van der Waals surface area contributed by atoms with E-state index in [1.165, 1.54) is 38.5 Å². The van der Waals surface area contributed by atoms with E-state index in [1.54, 1.807) is 0 Å². The summed E-state index contributed by atoms with van der Waals surface area (Å²) in [5.41, 5.74) is 0. The molecule has 0 aromatic heterocycles. The standard InChI is InChI=1S/C63H96O6/c1-4-7-10-13-16-19-22-25-28-30-32-35-38-41-44-47-50-53-56-62(65)68-59-60(58-67-61(64)55-52-49-46-43-40-37-34-27-24-21-18-15-12-9-6-3)69-63(66)57-54-51-48-45-42-39-36-33-31-29-26-23-20-17-14-11-8-5-2/h9-10,12-13,15-16,18-19,21-37,40,60H,4-8,11,14,17,20,38-39,41-59H2,1-3H3/b12-9-,13-10-,18-15-,19-16-,24-21-,25-22-,26-23-,30-28-,31-29-,34-27-,35-32-,36-33-,40-37-. The van der Waals surface area contributed by atoms with Crippen LogP contribution in [0.4, 0.5) is 0 Å². The second-order valence-corrected chi connectivity index (χ2v) is 17.4. The fraction of sp³-hybridized carbons (Fsp3) is 0.540. The number of ether oxygens (including phenoxy) is 3. The molecular formula is C63H96O6. The summed E-state index contributed by atoms with van der Waals surface area (Å²) >= 11 is 0. The summed E-state index contributed by atoms with van der Waals surface area (Å²) in [7, 11) is 0. The molecular weight excluding hydrogens is 853 g/mol. The number of carbonyl (C=O) groups excluding carboxylic acids is 3. The quantitative estimate of drug-likeness (QED) is 0.0262. The Labute approximate surface area is 422 Å². The summed E-state index contributed by atoms with van der Waals surface area (Å²) in [5, 5.41) is 0. The second-order valence-electron chi connectivity index (χ2n) is 17.4. The van der Waals surface area contributed by atoms with Crippen molar-refractivity contribution >= 4 is 17.9 Å².